The van der Waals surface area contributed by atoms with Gasteiger partial charge in [-0.25, -0.2) is 9.86 Å². The van der Waals surface area contributed by atoms with Crippen molar-refractivity contribution in [1.82, 2.24) is 10.4 Å². The maximum absolute atomic E-state index is 12.1. The topological polar surface area (TPSA) is 97.3 Å². The summed E-state index contributed by atoms with van der Waals surface area (Å²) >= 11 is 0. The van der Waals surface area contributed by atoms with Crippen molar-refractivity contribution in [2.45, 2.75) is 12.5 Å². The Hall–Kier alpha value is -2.32. The normalized spacial score (nSPS) is 11.6. The van der Waals surface area contributed by atoms with Crippen LogP contribution in [0.25, 0.3) is 0 Å². The van der Waals surface area contributed by atoms with Crippen molar-refractivity contribution in [3.8, 4) is 5.75 Å². The molecule has 0 aromatic heterocycles. The highest BCUT2D eigenvalue weighted by Crippen LogP contribution is 2.14. The SMILES string of the molecule is COCCOc1ccc(C[C@H](NC(=O)O)C(=O)N(C)OC)cc1. The Morgan fingerprint density at radius 1 is 1.22 bits per heavy atom. The van der Waals surface area contributed by atoms with E-state index in [1.54, 1.807) is 31.4 Å². The molecule has 2 amide bonds. The van der Waals surface area contributed by atoms with Gasteiger partial charge in [-0.1, -0.05) is 12.1 Å². The molecule has 1 atom stereocenters. The zero-order chi connectivity index (χ0) is 17.2. The van der Waals surface area contributed by atoms with Crippen LogP contribution in [0.15, 0.2) is 24.3 Å². The molecule has 0 fully saturated rings. The lowest BCUT2D eigenvalue weighted by molar-refractivity contribution is -0.170. The van der Waals surface area contributed by atoms with Gasteiger partial charge in [-0.05, 0) is 17.7 Å². The molecule has 128 valence electrons. The first-order valence-electron chi connectivity index (χ1n) is 6.99. The first-order chi connectivity index (χ1) is 11.0. The second-order valence-electron chi connectivity index (χ2n) is 4.71. The number of methoxy groups -OCH3 is 1. The second-order valence-corrected chi connectivity index (χ2v) is 4.71. The molecule has 0 aliphatic rings. The van der Waals surface area contributed by atoms with Crippen molar-refractivity contribution < 1.29 is 29.0 Å². The van der Waals surface area contributed by atoms with Gasteiger partial charge in [-0.15, -0.1) is 0 Å². The zero-order valence-electron chi connectivity index (χ0n) is 13.4. The number of carbonyl (C=O) groups excluding carboxylic acids is 1. The highest BCUT2D eigenvalue weighted by Gasteiger charge is 2.24. The van der Waals surface area contributed by atoms with Crippen LogP contribution in [0, 0.1) is 0 Å². The average molecular weight is 326 g/mol. The van der Waals surface area contributed by atoms with Gasteiger partial charge in [0.1, 0.15) is 18.4 Å². The molecule has 2 N–H and O–H groups in total. The lowest BCUT2D eigenvalue weighted by atomic mass is 10.1. The van der Waals surface area contributed by atoms with Gasteiger partial charge >= 0.3 is 6.09 Å². The van der Waals surface area contributed by atoms with Crippen LogP contribution in [0.3, 0.4) is 0 Å². The molecule has 1 aromatic carbocycles. The van der Waals surface area contributed by atoms with Gasteiger partial charge in [-0.2, -0.15) is 0 Å². The van der Waals surface area contributed by atoms with Crippen LogP contribution in [0.2, 0.25) is 0 Å². The summed E-state index contributed by atoms with van der Waals surface area (Å²) in [5, 5.41) is 12.1. The smallest absolute Gasteiger partial charge is 0.405 e. The quantitative estimate of drug-likeness (QED) is 0.517. The predicted octanol–water partition coefficient (Wildman–Crippen LogP) is 0.910. The molecule has 0 heterocycles. The lowest BCUT2D eigenvalue weighted by Crippen LogP contribution is -2.47. The van der Waals surface area contributed by atoms with Gasteiger partial charge < -0.3 is 19.9 Å². The lowest BCUT2D eigenvalue weighted by Gasteiger charge is -2.21. The number of rotatable bonds is 9. The molecule has 0 saturated heterocycles. The third-order valence-corrected chi connectivity index (χ3v) is 3.10. The Morgan fingerprint density at radius 2 is 1.87 bits per heavy atom. The number of likely N-dealkylation sites (N-methyl/N-ethyl adjacent to an activating group) is 1. The maximum Gasteiger partial charge on any atom is 0.405 e. The van der Waals surface area contributed by atoms with Gasteiger partial charge in [-0.3, -0.25) is 9.63 Å². The number of hydrogen-bond acceptors (Lipinski definition) is 5. The molecule has 0 aliphatic carbocycles. The molecule has 0 bridgehead atoms. The van der Waals surface area contributed by atoms with E-state index in [1.165, 1.54) is 14.2 Å². The first kappa shape index (κ1) is 18.7. The van der Waals surface area contributed by atoms with Crippen molar-refractivity contribution in [3.05, 3.63) is 29.8 Å². The molecule has 1 rings (SSSR count). The number of carbonyl (C=O) groups is 2. The van der Waals surface area contributed by atoms with Gasteiger partial charge in [0.15, 0.2) is 0 Å². The van der Waals surface area contributed by atoms with Crippen LogP contribution < -0.4 is 10.1 Å². The summed E-state index contributed by atoms with van der Waals surface area (Å²) in [6.45, 7) is 0.931. The predicted molar refractivity (Wildman–Crippen MR) is 82.2 cm³/mol. The third-order valence-electron chi connectivity index (χ3n) is 3.10. The van der Waals surface area contributed by atoms with Crippen LogP contribution in [-0.4, -0.2) is 62.7 Å². The monoisotopic (exact) mass is 326 g/mol. The summed E-state index contributed by atoms with van der Waals surface area (Å²) in [6, 6.07) is 6.13. The fourth-order valence-electron chi connectivity index (χ4n) is 1.86. The maximum atomic E-state index is 12.1. The summed E-state index contributed by atoms with van der Waals surface area (Å²) in [7, 11) is 4.35. The molecule has 0 unspecified atom stereocenters. The number of nitrogens with zero attached hydrogens (tertiary/aromatic N) is 1. The highest BCUT2D eigenvalue weighted by atomic mass is 16.7. The molecule has 0 spiro atoms. The standard InChI is InChI=1S/C15H22N2O6/c1-17(22-3)14(18)13(16-15(19)20)10-11-4-6-12(7-5-11)23-9-8-21-2/h4-7,13,16H,8-10H2,1-3H3,(H,19,20)/t13-/m0/s1. The zero-order valence-corrected chi connectivity index (χ0v) is 13.4. The number of benzene rings is 1. The Labute approximate surface area is 134 Å². The number of hydrogen-bond donors (Lipinski definition) is 2. The van der Waals surface area contributed by atoms with Crippen LogP contribution in [0.1, 0.15) is 5.56 Å². The summed E-state index contributed by atoms with van der Waals surface area (Å²) in [6.07, 6.45) is -1.07. The van der Waals surface area contributed by atoms with Crippen LogP contribution in [0.5, 0.6) is 5.75 Å². The molecular formula is C15H22N2O6. The molecule has 23 heavy (non-hydrogen) atoms. The summed E-state index contributed by atoms with van der Waals surface area (Å²) in [4.78, 5) is 27.8. The van der Waals surface area contributed by atoms with E-state index in [-0.39, 0.29) is 6.42 Å². The van der Waals surface area contributed by atoms with Gasteiger partial charge in [0.25, 0.3) is 5.91 Å². The van der Waals surface area contributed by atoms with Gasteiger partial charge in [0, 0.05) is 20.6 Å². The number of nitrogens with one attached hydrogen (secondary N) is 1. The van der Waals surface area contributed by atoms with Crippen LogP contribution in [0.4, 0.5) is 4.79 Å². The number of carboxylic acid groups (broad SMARTS) is 1. The van der Waals surface area contributed by atoms with E-state index < -0.39 is 18.0 Å². The Balaban J connectivity index is 2.71. The van der Waals surface area contributed by atoms with Crippen molar-refractivity contribution in [3.63, 3.8) is 0 Å². The van der Waals surface area contributed by atoms with E-state index in [4.69, 9.17) is 19.4 Å². The fraction of sp³-hybridized carbons (Fsp3) is 0.467. The summed E-state index contributed by atoms with van der Waals surface area (Å²) in [5.41, 5.74) is 0.792. The van der Waals surface area contributed by atoms with E-state index >= 15 is 0 Å². The fourth-order valence-corrected chi connectivity index (χ4v) is 1.86. The molecule has 0 radical (unpaired) electrons. The highest BCUT2D eigenvalue weighted by molar-refractivity contribution is 5.84. The van der Waals surface area contributed by atoms with E-state index in [1.807, 2.05) is 0 Å². The Kier molecular flexibility index (Phi) is 7.86. The molecule has 1 aromatic rings. The minimum absolute atomic E-state index is 0.206. The number of amides is 2. The first-order valence-corrected chi connectivity index (χ1v) is 6.99. The average Bonchev–Trinajstić information content (AvgIpc) is 2.54. The molecule has 0 saturated carbocycles. The Morgan fingerprint density at radius 3 is 2.39 bits per heavy atom. The van der Waals surface area contributed by atoms with Crippen LogP contribution >= 0.6 is 0 Å². The van der Waals surface area contributed by atoms with Crippen LogP contribution in [-0.2, 0) is 20.8 Å². The molecule has 8 nitrogen and oxygen atoms in total. The van der Waals surface area contributed by atoms with E-state index in [9.17, 15) is 9.59 Å². The Bertz CT molecular complexity index is 505. The van der Waals surface area contributed by atoms with Gasteiger partial charge in [0.05, 0.1) is 13.7 Å². The second kappa shape index (κ2) is 9.65. The molecule has 0 aliphatic heterocycles. The number of hydroxylamine groups is 2. The van der Waals surface area contributed by atoms with Crippen molar-refractivity contribution >= 4 is 12.0 Å². The van der Waals surface area contributed by atoms with Crippen molar-refractivity contribution in [1.29, 1.82) is 0 Å². The molecule has 8 heteroatoms. The van der Waals surface area contributed by atoms with Gasteiger partial charge in [0.2, 0.25) is 0 Å². The van der Waals surface area contributed by atoms with E-state index in [0.29, 0.717) is 19.0 Å². The van der Waals surface area contributed by atoms with Crippen molar-refractivity contribution in [2.24, 2.45) is 0 Å². The molecular weight excluding hydrogens is 304 g/mol. The minimum Gasteiger partial charge on any atom is -0.491 e. The minimum atomic E-state index is -1.27. The largest absolute Gasteiger partial charge is 0.491 e. The summed E-state index contributed by atoms with van der Waals surface area (Å²) < 4.78 is 10.3. The third kappa shape index (κ3) is 6.54. The van der Waals surface area contributed by atoms with E-state index in [0.717, 1.165) is 10.6 Å². The van der Waals surface area contributed by atoms with Crippen molar-refractivity contribution in [2.75, 3.05) is 34.5 Å². The number of ether oxygens (including phenoxy) is 2. The van der Waals surface area contributed by atoms with E-state index in [2.05, 4.69) is 5.32 Å². The summed E-state index contributed by atoms with van der Waals surface area (Å²) in [5.74, 6) is 0.198.